The fourth-order valence-electron chi connectivity index (χ4n) is 2.88. The number of aryl methyl sites for hydroxylation is 1. The fourth-order valence-corrected chi connectivity index (χ4v) is 4.36. The SMILES string of the molecule is Cc1nn(-c2ccccc2Cl)c2sc(C(=O)OCC(=O)c3cccc(Cl)c3)cc12. The fraction of sp³-hybridized carbons (Fsp3) is 0.0952. The summed E-state index contributed by atoms with van der Waals surface area (Å²) in [5.41, 5.74) is 1.89. The maximum atomic E-state index is 12.5. The van der Waals surface area contributed by atoms with Crippen LogP contribution in [0, 0.1) is 6.92 Å². The number of esters is 1. The summed E-state index contributed by atoms with van der Waals surface area (Å²) in [4.78, 5) is 25.9. The van der Waals surface area contributed by atoms with Gasteiger partial charge in [-0.25, -0.2) is 9.48 Å². The molecule has 0 aliphatic carbocycles. The number of Topliss-reactive ketones (excluding diaryl/α,β-unsaturated/α-hetero) is 1. The Morgan fingerprint density at radius 2 is 1.90 bits per heavy atom. The first-order valence-corrected chi connectivity index (χ1v) is 10.2. The lowest BCUT2D eigenvalue weighted by atomic mass is 10.1. The number of ketones is 1. The number of carbonyl (C=O) groups excluding carboxylic acids is 2. The number of hydrogen-bond donors (Lipinski definition) is 0. The van der Waals surface area contributed by atoms with Gasteiger partial charge in [0.15, 0.2) is 12.4 Å². The largest absolute Gasteiger partial charge is 0.453 e. The smallest absolute Gasteiger partial charge is 0.348 e. The number of nitrogens with zero attached hydrogens (tertiary/aromatic N) is 2. The van der Waals surface area contributed by atoms with Crippen molar-refractivity contribution in [2.45, 2.75) is 6.92 Å². The Morgan fingerprint density at radius 1 is 1.10 bits per heavy atom. The van der Waals surface area contributed by atoms with Gasteiger partial charge in [-0.15, -0.1) is 11.3 Å². The molecule has 0 amide bonds. The molecule has 0 aliphatic heterocycles. The highest BCUT2D eigenvalue weighted by Crippen LogP contribution is 2.32. The lowest BCUT2D eigenvalue weighted by Gasteiger charge is -2.05. The average molecular weight is 445 g/mol. The second-order valence-electron chi connectivity index (χ2n) is 6.29. The predicted octanol–water partition coefficient (Wildman–Crippen LogP) is 5.74. The van der Waals surface area contributed by atoms with Crippen molar-refractivity contribution in [3.8, 4) is 5.69 Å². The summed E-state index contributed by atoms with van der Waals surface area (Å²) in [5, 5.41) is 6.37. The molecule has 8 heteroatoms. The lowest BCUT2D eigenvalue weighted by molar-refractivity contribution is 0.0479. The number of aromatic nitrogens is 2. The van der Waals surface area contributed by atoms with Gasteiger partial charge < -0.3 is 4.74 Å². The van der Waals surface area contributed by atoms with Crippen LogP contribution in [0.1, 0.15) is 25.7 Å². The number of halogens is 2. The van der Waals surface area contributed by atoms with Gasteiger partial charge in [0.05, 0.1) is 16.4 Å². The van der Waals surface area contributed by atoms with Crippen LogP contribution in [0.3, 0.4) is 0 Å². The van der Waals surface area contributed by atoms with Gasteiger partial charge in [-0.05, 0) is 37.3 Å². The van der Waals surface area contributed by atoms with Crippen LogP contribution >= 0.6 is 34.5 Å². The molecule has 0 bridgehead atoms. The predicted molar refractivity (Wildman–Crippen MR) is 115 cm³/mol. The Kier molecular flexibility index (Phi) is 5.41. The summed E-state index contributed by atoms with van der Waals surface area (Å²) >= 11 is 13.4. The second kappa shape index (κ2) is 7.99. The summed E-state index contributed by atoms with van der Waals surface area (Å²) in [6.07, 6.45) is 0. The monoisotopic (exact) mass is 444 g/mol. The maximum absolute atomic E-state index is 12.5. The van der Waals surface area contributed by atoms with E-state index >= 15 is 0 Å². The van der Waals surface area contributed by atoms with Crippen LogP contribution < -0.4 is 0 Å². The molecule has 4 aromatic rings. The van der Waals surface area contributed by atoms with Crippen molar-refractivity contribution in [2.24, 2.45) is 0 Å². The molecule has 0 saturated heterocycles. The van der Waals surface area contributed by atoms with Crippen molar-refractivity contribution in [1.29, 1.82) is 0 Å². The van der Waals surface area contributed by atoms with Crippen molar-refractivity contribution < 1.29 is 14.3 Å². The number of fused-ring (bicyclic) bond motifs is 1. The first kappa shape index (κ1) is 19.6. The van der Waals surface area contributed by atoms with Crippen molar-refractivity contribution in [3.05, 3.63) is 80.8 Å². The van der Waals surface area contributed by atoms with E-state index in [9.17, 15) is 9.59 Å². The van der Waals surface area contributed by atoms with Crippen LogP contribution in [0.5, 0.6) is 0 Å². The van der Waals surface area contributed by atoms with Gasteiger partial charge in [-0.2, -0.15) is 5.10 Å². The zero-order chi connectivity index (χ0) is 20.5. The lowest BCUT2D eigenvalue weighted by Crippen LogP contribution is -2.13. The van der Waals surface area contributed by atoms with E-state index in [0.717, 1.165) is 21.6 Å². The Bertz CT molecular complexity index is 1250. The molecule has 2 heterocycles. The van der Waals surface area contributed by atoms with E-state index in [1.54, 1.807) is 41.1 Å². The number of rotatable bonds is 5. The number of benzene rings is 2. The summed E-state index contributed by atoms with van der Waals surface area (Å²) < 4.78 is 6.93. The molecule has 4 rings (SSSR count). The quantitative estimate of drug-likeness (QED) is 0.290. The molecule has 2 aromatic carbocycles. The summed E-state index contributed by atoms with van der Waals surface area (Å²) in [7, 11) is 0. The highest BCUT2D eigenvalue weighted by Gasteiger charge is 2.20. The van der Waals surface area contributed by atoms with Crippen LogP contribution in [0.25, 0.3) is 15.9 Å². The second-order valence-corrected chi connectivity index (χ2v) is 8.16. The van der Waals surface area contributed by atoms with Gasteiger partial charge in [-0.3, -0.25) is 4.79 Å². The standard InChI is InChI=1S/C21H14Cl2N2O3S/c1-12-15-10-19(21(27)28-11-18(26)13-5-4-6-14(22)9-13)29-20(15)25(24-12)17-8-3-2-7-16(17)23/h2-10H,11H2,1H3. The molecule has 29 heavy (non-hydrogen) atoms. The van der Waals surface area contributed by atoms with Gasteiger partial charge in [0.25, 0.3) is 0 Å². The molecule has 0 radical (unpaired) electrons. The molecule has 0 fully saturated rings. The van der Waals surface area contributed by atoms with E-state index in [4.69, 9.17) is 27.9 Å². The van der Waals surface area contributed by atoms with E-state index in [0.29, 0.717) is 20.5 Å². The Morgan fingerprint density at radius 3 is 2.66 bits per heavy atom. The maximum Gasteiger partial charge on any atom is 0.348 e. The minimum absolute atomic E-state index is 0.319. The van der Waals surface area contributed by atoms with Crippen molar-refractivity contribution in [1.82, 2.24) is 9.78 Å². The van der Waals surface area contributed by atoms with E-state index in [2.05, 4.69) is 5.10 Å². The number of carbonyl (C=O) groups is 2. The van der Waals surface area contributed by atoms with Crippen molar-refractivity contribution in [2.75, 3.05) is 6.61 Å². The summed E-state index contributed by atoms with van der Waals surface area (Å²) in [6, 6.07) is 15.6. The molecular formula is C21H14Cl2N2O3S. The highest BCUT2D eigenvalue weighted by molar-refractivity contribution is 7.20. The Balaban J connectivity index is 1.57. The van der Waals surface area contributed by atoms with Gasteiger partial charge >= 0.3 is 5.97 Å². The third-order valence-corrected chi connectivity index (χ3v) is 5.95. The minimum atomic E-state index is -0.563. The Labute approximate surface area is 180 Å². The van der Waals surface area contributed by atoms with Crippen LogP contribution in [0.15, 0.2) is 54.6 Å². The number of thiophene rings is 1. The molecule has 146 valence electrons. The molecule has 0 saturated carbocycles. The van der Waals surface area contributed by atoms with Crippen LogP contribution in [0.4, 0.5) is 0 Å². The zero-order valence-electron chi connectivity index (χ0n) is 15.2. The third kappa shape index (κ3) is 3.92. The van der Waals surface area contributed by atoms with Crippen LogP contribution in [0.2, 0.25) is 10.0 Å². The van der Waals surface area contributed by atoms with E-state index in [1.807, 2.05) is 25.1 Å². The minimum Gasteiger partial charge on any atom is -0.453 e. The number of para-hydroxylation sites is 1. The van der Waals surface area contributed by atoms with Gasteiger partial charge in [0.2, 0.25) is 0 Å². The molecule has 0 aliphatic rings. The van der Waals surface area contributed by atoms with Crippen LogP contribution in [-0.4, -0.2) is 28.1 Å². The summed E-state index contributed by atoms with van der Waals surface area (Å²) in [6.45, 7) is 1.50. The van der Waals surface area contributed by atoms with Crippen molar-refractivity contribution in [3.63, 3.8) is 0 Å². The first-order valence-electron chi connectivity index (χ1n) is 8.64. The topological polar surface area (TPSA) is 61.2 Å². The molecule has 0 spiro atoms. The zero-order valence-corrected chi connectivity index (χ0v) is 17.5. The molecule has 0 N–H and O–H groups in total. The van der Waals surface area contributed by atoms with E-state index in [-0.39, 0.29) is 12.4 Å². The molecule has 5 nitrogen and oxygen atoms in total. The van der Waals surface area contributed by atoms with Gasteiger partial charge in [-0.1, -0.05) is 47.5 Å². The normalized spacial score (nSPS) is 11.0. The third-order valence-electron chi connectivity index (χ3n) is 4.31. The molecular weight excluding hydrogens is 431 g/mol. The Hall–Kier alpha value is -2.67. The van der Waals surface area contributed by atoms with Crippen LogP contribution in [-0.2, 0) is 4.74 Å². The highest BCUT2D eigenvalue weighted by atomic mass is 35.5. The van der Waals surface area contributed by atoms with E-state index < -0.39 is 5.97 Å². The number of ether oxygens (including phenoxy) is 1. The molecule has 2 aromatic heterocycles. The first-order chi connectivity index (χ1) is 13.9. The number of hydrogen-bond acceptors (Lipinski definition) is 5. The van der Waals surface area contributed by atoms with Crippen molar-refractivity contribution >= 4 is 56.5 Å². The van der Waals surface area contributed by atoms with Gasteiger partial charge in [0.1, 0.15) is 9.71 Å². The summed E-state index contributed by atoms with van der Waals surface area (Å²) in [5.74, 6) is -0.882. The average Bonchev–Trinajstić information content (AvgIpc) is 3.27. The molecule has 0 unspecified atom stereocenters. The molecule has 0 atom stereocenters. The van der Waals surface area contributed by atoms with E-state index in [1.165, 1.54) is 11.3 Å². The van der Waals surface area contributed by atoms with Gasteiger partial charge in [0, 0.05) is 16.0 Å².